The molecule has 0 unspecified atom stereocenters. The molecule has 7 nitrogen and oxygen atoms in total. The molecule has 0 aliphatic heterocycles. The van der Waals surface area contributed by atoms with Crippen LogP contribution in [0.4, 0.5) is 30.2 Å². The second-order valence-corrected chi connectivity index (χ2v) is 6.24. The Balaban J connectivity index is 2.15. The normalized spacial score (nSPS) is 20.3. The molecule has 0 aromatic heterocycles. The van der Waals surface area contributed by atoms with E-state index >= 15 is 0 Å². The number of benzene rings is 1. The highest BCUT2D eigenvalue weighted by atomic mass is 19.4. The third-order valence-electron chi connectivity index (χ3n) is 4.64. The van der Waals surface area contributed by atoms with Crippen molar-refractivity contribution in [2.45, 2.75) is 37.9 Å². The van der Waals surface area contributed by atoms with Crippen LogP contribution in [0.25, 0.3) is 0 Å². The van der Waals surface area contributed by atoms with Crippen molar-refractivity contribution in [1.82, 2.24) is 5.32 Å². The molecule has 26 heavy (non-hydrogen) atoms. The summed E-state index contributed by atoms with van der Waals surface area (Å²) in [5.74, 6) is -1.88. The molecule has 0 saturated heterocycles. The van der Waals surface area contributed by atoms with Crippen molar-refractivity contribution >= 4 is 23.0 Å². The second-order valence-electron chi connectivity index (χ2n) is 6.24. The van der Waals surface area contributed by atoms with Crippen LogP contribution in [0.3, 0.4) is 0 Å². The number of alkyl halides is 3. The van der Waals surface area contributed by atoms with E-state index in [-0.39, 0.29) is 48.7 Å². The van der Waals surface area contributed by atoms with Crippen LogP contribution < -0.4 is 16.0 Å². The van der Waals surface area contributed by atoms with Gasteiger partial charge in [-0.15, -0.1) is 0 Å². The average Bonchev–Trinajstić information content (AvgIpc) is 2.59. The maximum Gasteiger partial charge on any atom is 0.391 e. The van der Waals surface area contributed by atoms with Crippen LogP contribution in [0.2, 0.25) is 0 Å². The van der Waals surface area contributed by atoms with Gasteiger partial charge < -0.3 is 16.0 Å². The van der Waals surface area contributed by atoms with Crippen LogP contribution in [0, 0.1) is 16.0 Å². The first-order valence-electron chi connectivity index (χ1n) is 8.22. The van der Waals surface area contributed by atoms with Gasteiger partial charge in [0.1, 0.15) is 5.69 Å². The van der Waals surface area contributed by atoms with Crippen LogP contribution >= 0.6 is 0 Å². The third kappa shape index (κ3) is 4.36. The van der Waals surface area contributed by atoms with Crippen molar-refractivity contribution < 1.29 is 22.9 Å². The Morgan fingerprint density at radius 1 is 1.12 bits per heavy atom. The van der Waals surface area contributed by atoms with Crippen molar-refractivity contribution in [1.29, 1.82) is 0 Å². The molecule has 1 fully saturated rings. The quantitative estimate of drug-likeness (QED) is 0.541. The first-order valence-corrected chi connectivity index (χ1v) is 8.22. The van der Waals surface area contributed by atoms with Crippen molar-refractivity contribution in [3.8, 4) is 0 Å². The number of nitro groups is 1. The first kappa shape index (κ1) is 19.8. The van der Waals surface area contributed by atoms with Gasteiger partial charge in [-0.2, -0.15) is 13.2 Å². The third-order valence-corrected chi connectivity index (χ3v) is 4.64. The zero-order valence-corrected chi connectivity index (χ0v) is 14.4. The summed E-state index contributed by atoms with van der Waals surface area (Å²) in [6, 6.07) is 2.23. The van der Waals surface area contributed by atoms with E-state index in [2.05, 4.69) is 16.0 Å². The molecule has 0 bridgehead atoms. The van der Waals surface area contributed by atoms with E-state index in [4.69, 9.17) is 0 Å². The molecule has 1 aromatic rings. The number of carbonyl (C=O) groups is 1. The maximum absolute atomic E-state index is 12.7. The Bertz CT molecular complexity index is 686. The van der Waals surface area contributed by atoms with E-state index in [0.29, 0.717) is 5.69 Å². The summed E-state index contributed by atoms with van der Waals surface area (Å²) in [5, 5.41) is 19.4. The minimum absolute atomic E-state index is 0.0355. The summed E-state index contributed by atoms with van der Waals surface area (Å²) in [6.45, 7) is 0. The highest BCUT2D eigenvalue weighted by Gasteiger charge is 2.41. The van der Waals surface area contributed by atoms with Gasteiger partial charge in [0, 0.05) is 31.9 Å². The number of rotatable bonds is 5. The highest BCUT2D eigenvalue weighted by molar-refractivity contribution is 6.01. The fourth-order valence-electron chi connectivity index (χ4n) is 3.16. The molecule has 1 aliphatic carbocycles. The minimum Gasteiger partial charge on any atom is -0.387 e. The predicted molar refractivity (Wildman–Crippen MR) is 91.5 cm³/mol. The van der Waals surface area contributed by atoms with Crippen molar-refractivity contribution in [3.63, 3.8) is 0 Å². The van der Waals surface area contributed by atoms with Gasteiger partial charge in [0.2, 0.25) is 0 Å². The monoisotopic (exact) mass is 374 g/mol. The van der Waals surface area contributed by atoms with E-state index in [9.17, 15) is 28.1 Å². The lowest BCUT2D eigenvalue weighted by Gasteiger charge is -2.30. The topological polar surface area (TPSA) is 96.3 Å². The smallest absolute Gasteiger partial charge is 0.387 e. The number of carbonyl (C=O) groups excluding carboxylic acids is 1. The summed E-state index contributed by atoms with van der Waals surface area (Å²) in [7, 11) is 3.10. The molecule has 1 aromatic carbocycles. The number of halogens is 3. The molecule has 3 N–H and O–H groups in total. The van der Waals surface area contributed by atoms with Crippen LogP contribution in [-0.2, 0) is 0 Å². The van der Waals surface area contributed by atoms with E-state index < -0.39 is 22.9 Å². The number of anilines is 2. The summed E-state index contributed by atoms with van der Waals surface area (Å²) in [6.07, 6.45) is -3.83. The lowest BCUT2D eigenvalue weighted by Crippen LogP contribution is -2.40. The number of amides is 1. The second kappa shape index (κ2) is 7.79. The molecular formula is C16H21F3N4O3. The standard InChI is InChI=1S/C16H21F3N4O3/c1-20-12-8-13(21-2)14(23(25)26)7-11(12)15(24)22-10-5-3-9(4-6-10)16(17,18)19/h7-10,20-21H,3-6H2,1-2H3,(H,22,24)/t9-,10-. The molecule has 1 aliphatic rings. The summed E-state index contributed by atoms with van der Waals surface area (Å²) < 4.78 is 38.2. The van der Waals surface area contributed by atoms with Crippen LogP contribution in [0.15, 0.2) is 12.1 Å². The number of hydrogen-bond donors (Lipinski definition) is 3. The van der Waals surface area contributed by atoms with Gasteiger partial charge in [-0.3, -0.25) is 14.9 Å². The largest absolute Gasteiger partial charge is 0.391 e. The fraction of sp³-hybridized carbons (Fsp3) is 0.562. The number of nitro benzene ring substituents is 1. The molecule has 144 valence electrons. The molecular weight excluding hydrogens is 353 g/mol. The molecule has 0 heterocycles. The van der Waals surface area contributed by atoms with E-state index in [1.807, 2.05) is 0 Å². The number of hydrogen-bond acceptors (Lipinski definition) is 5. The van der Waals surface area contributed by atoms with Crippen LogP contribution in [0.5, 0.6) is 0 Å². The molecule has 0 atom stereocenters. The molecule has 0 spiro atoms. The number of nitrogens with zero attached hydrogens (tertiary/aromatic N) is 1. The lowest BCUT2D eigenvalue weighted by molar-refractivity contribution is -0.383. The summed E-state index contributed by atoms with van der Waals surface area (Å²) >= 11 is 0. The van der Waals surface area contributed by atoms with Gasteiger partial charge in [0.25, 0.3) is 11.6 Å². The molecule has 1 saturated carbocycles. The first-order chi connectivity index (χ1) is 12.2. The zero-order chi connectivity index (χ0) is 19.5. The van der Waals surface area contributed by atoms with Crippen LogP contribution in [0.1, 0.15) is 36.0 Å². The van der Waals surface area contributed by atoms with Gasteiger partial charge in [-0.1, -0.05) is 0 Å². The minimum atomic E-state index is -4.21. The van der Waals surface area contributed by atoms with Gasteiger partial charge in [0.15, 0.2) is 0 Å². The Morgan fingerprint density at radius 2 is 1.69 bits per heavy atom. The fourth-order valence-corrected chi connectivity index (χ4v) is 3.16. The Labute approximate surface area is 148 Å². The summed E-state index contributed by atoms with van der Waals surface area (Å²) in [5.41, 5.74) is 0.469. The molecule has 2 rings (SSSR count). The Morgan fingerprint density at radius 3 is 2.15 bits per heavy atom. The van der Waals surface area contributed by atoms with E-state index in [1.54, 1.807) is 7.05 Å². The van der Waals surface area contributed by atoms with Crippen LogP contribution in [-0.4, -0.2) is 37.1 Å². The molecule has 10 heteroatoms. The highest BCUT2D eigenvalue weighted by Crippen LogP contribution is 2.38. The van der Waals surface area contributed by atoms with E-state index in [1.165, 1.54) is 13.1 Å². The molecule has 1 amide bonds. The molecule has 0 radical (unpaired) electrons. The van der Waals surface area contributed by atoms with Crippen molar-refractivity contribution in [2.75, 3.05) is 24.7 Å². The van der Waals surface area contributed by atoms with E-state index in [0.717, 1.165) is 6.07 Å². The SMILES string of the molecule is CNc1cc(NC)c([N+](=O)[O-])cc1C(=O)N[C@H]1CC[C@H](C(F)(F)F)CC1. The van der Waals surface area contributed by atoms with Gasteiger partial charge in [-0.05, 0) is 31.7 Å². The number of nitrogens with one attached hydrogen (secondary N) is 3. The zero-order valence-electron chi connectivity index (χ0n) is 14.4. The predicted octanol–water partition coefficient (Wildman–Crippen LogP) is 3.53. The van der Waals surface area contributed by atoms with Crippen molar-refractivity contribution in [3.05, 3.63) is 27.8 Å². The van der Waals surface area contributed by atoms with Crippen molar-refractivity contribution in [2.24, 2.45) is 5.92 Å². The van der Waals surface area contributed by atoms with Gasteiger partial charge in [-0.25, -0.2) is 0 Å². The lowest BCUT2D eigenvalue weighted by atomic mass is 9.85. The Kier molecular flexibility index (Phi) is 5.94. The van der Waals surface area contributed by atoms with Gasteiger partial charge in [0.05, 0.1) is 16.4 Å². The maximum atomic E-state index is 12.7. The summed E-state index contributed by atoms with van der Waals surface area (Å²) in [4.78, 5) is 23.1. The Hall–Kier alpha value is -2.52. The average molecular weight is 374 g/mol. The van der Waals surface area contributed by atoms with Gasteiger partial charge >= 0.3 is 6.18 Å².